The fraction of sp³-hybridized carbons (Fsp3) is 0.214. The number of halogens is 1. The number of aromatic nitrogens is 1. The molecule has 0 aliphatic rings. The lowest BCUT2D eigenvalue weighted by atomic mass is 10.1. The maximum absolute atomic E-state index is 13.8. The zero-order chi connectivity index (χ0) is 13.8. The lowest BCUT2D eigenvalue weighted by Crippen LogP contribution is -2.27. The smallest absolute Gasteiger partial charge is 0.268 e. The second-order valence-electron chi connectivity index (χ2n) is 4.13. The van der Waals surface area contributed by atoms with Crippen molar-refractivity contribution in [3.05, 3.63) is 53.6 Å². The minimum absolute atomic E-state index is 0.289. The zero-order valence-corrected chi connectivity index (χ0v) is 10.7. The van der Waals surface area contributed by atoms with E-state index in [2.05, 4.69) is 10.3 Å². The second kappa shape index (κ2) is 5.56. The molecule has 4 nitrogen and oxygen atoms in total. The lowest BCUT2D eigenvalue weighted by Gasteiger charge is -2.17. The molecule has 2 N–H and O–H groups in total. The van der Waals surface area contributed by atoms with Crippen molar-refractivity contribution in [2.45, 2.75) is 13.0 Å². The van der Waals surface area contributed by atoms with Gasteiger partial charge in [-0.1, -0.05) is 6.07 Å². The molecule has 19 heavy (non-hydrogen) atoms. The molecule has 0 aliphatic heterocycles. The first-order valence-corrected chi connectivity index (χ1v) is 5.90. The average Bonchev–Trinajstić information content (AvgIpc) is 2.92. The fourth-order valence-electron chi connectivity index (χ4n) is 1.93. The number of carbonyl (C=O) groups excluding carboxylic acids is 1. The van der Waals surface area contributed by atoms with Crippen LogP contribution < -0.4 is 10.1 Å². The highest BCUT2D eigenvalue weighted by Crippen LogP contribution is 2.27. The molecule has 1 amide bonds. The van der Waals surface area contributed by atoms with Crippen molar-refractivity contribution in [2.75, 3.05) is 7.11 Å². The Bertz CT molecular complexity index is 567. The summed E-state index contributed by atoms with van der Waals surface area (Å²) in [5.74, 6) is -0.277. The van der Waals surface area contributed by atoms with E-state index < -0.39 is 11.9 Å². The van der Waals surface area contributed by atoms with E-state index in [1.807, 2.05) is 0 Å². The molecule has 0 radical (unpaired) electrons. The molecule has 1 atom stereocenters. The number of ether oxygens (including phenoxy) is 1. The largest absolute Gasteiger partial charge is 0.496 e. The number of amides is 1. The summed E-state index contributed by atoms with van der Waals surface area (Å²) in [6.45, 7) is 1.71. The van der Waals surface area contributed by atoms with Gasteiger partial charge in [0, 0.05) is 6.20 Å². The van der Waals surface area contributed by atoms with Crippen LogP contribution in [0.1, 0.15) is 29.0 Å². The van der Waals surface area contributed by atoms with Crippen LogP contribution in [-0.2, 0) is 0 Å². The third-order valence-corrected chi connectivity index (χ3v) is 2.86. The van der Waals surface area contributed by atoms with Crippen LogP contribution in [0.3, 0.4) is 0 Å². The first kappa shape index (κ1) is 13.1. The van der Waals surface area contributed by atoms with Crippen molar-refractivity contribution < 1.29 is 13.9 Å². The number of carbonyl (C=O) groups is 1. The normalized spacial score (nSPS) is 11.9. The Hall–Kier alpha value is -2.30. The maximum atomic E-state index is 13.8. The van der Waals surface area contributed by atoms with E-state index in [4.69, 9.17) is 4.74 Å². The zero-order valence-electron chi connectivity index (χ0n) is 10.7. The Morgan fingerprint density at radius 3 is 2.79 bits per heavy atom. The molecule has 0 bridgehead atoms. The van der Waals surface area contributed by atoms with Crippen molar-refractivity contribution in [3.8, 4) is 5.75 Å². The predicted octanol–water partition coefficient (Wildman–Crippen LogP) is 2.65. The van der Waals surface area contributed by atoms with E-state index >= 15 is 0 Å². The van der Waals surface area contributed by atoms with Crippen molar-refractivity contribution in [1.29, 1.82) is 0 Å². The minimum atomic E-state index is -0.494. The Labute approximate surface area is 110 Å². The standard InChI is InChI=1S/C14H15FN2O2/c1-9(17-14(18)11-6-4-8-16-11)13-10(15)5-3-7-12(13)19-2/h3-9,16H,1-2H3,(H,17,18)/t9-/m1/s1. The van der Waals surface area contributed by atoms with E-state index in [0.717, 1.165) is 0 Å². The van der Waals surface area contributed by atoms with Gasteiger partial charge in [0.05, 0.1) is 18.7 Å². The quantitative estimate of drug-likeness (QED) is 0.890. The first-order valence-electron chi connectivity index (χ1n) is 5.90. The number of benzene rings is 1. The summed E-state index contributed by atoms with van der Waals surface area (Å²) in [6.07, 6.45) is 1.66. The molecule has 2 aromatic rings. The average molecular weight is 262 g/mol. The highest BCUT2D eigenvalue weighted by Gasteiger charge is 2.19. The topological polar surface area (TPSA) is 54.1 Å². The van der Waals surface area contributed by atoms with Crippen LogP contribution in [0.15, 0.2) is 36.5 Å². The molecule has 1 heterocycles. The van der Waals surface area contributed by atoms with E-state index in [9.17, 15) is 9.18 Å². The first-order chi connectivity index (χ1) is 9.13. The van der Waals surface area contributed by atoms with Crippen LogP contribution in [0.4, 0.5) is 4.39 Å². The third-order valence-electron chi connectivity index (χ3n) is 2.86. The SMILES string of the molecule is COc1cccc(F)c1[C@@H](C)NC(=O)c1ccc[nH]1. The van der Waals surface area contributed by atoms with Crippen LogP contribution in [0.25, 0.3) is 0 Å². The summed E-state index contributed by atoms with van der Waals surface area (Å²) in [5, 5.41) is 2.72. The van der Waals surface area contributed by atoms with Gasteiger partial charge in [0.25, 0.3) is 5.91 Å². The molecule has 0 saturated heterocycles. The second-order valence-corrected chi connectivity index (χ2v) is 4.13. The molecular formula is C14H15FN2O2. The number of hydrogen-bond donors (Lipinski definition) is 2. The fourth-order valence-corrected chi connectivity index (χ4v) is 1.93. The minimum Gasteiger partial charge on any atom is -0.496 e. The van der Waals surface area contributed by atoms with E-state index in [-0.39, 0.29) is 5.91 Å². The van der Waals surface area contributed by atoms with Crippen molar-refractivity contribution in [3.63, 3.8) is 0 Å². The molecule has 0 aliphatic carbocycles. The molecule has 2 rings (SSSR count). The Morgan fingerprint density at radius 1 is 1.37 bits per heavy atom. The van der Waals surface area contributed by atoms with Gasteiger partial charge < -0.3 is 15.0 Å². The summed E-state index contributed by atoms with van der Waals surface area (Å²) in [6, 6.07) is 7.46. The van der Waals surface area contributed by atoms with Gasteiger partial charge in [-0.15, -0.1) is 0 Å². The predicted molar refractivity (Wildman–Crippen MR) is 69.6 cm³/mol. The van der Waals surface area contributed by atoms with Gasteiger partial charge in [-0.2, -0.15) is 0 Å². The molecule has 5 heteroatoms. The molecule has 0 saturated carbocycles. The van der Waals surface area contributed by atoms with Gasteiger partial charge in [-0.3, -0.25) is 4.79 Å². The Balaban J connectivity index is 2.21. The number of rotatable bonds is 4. The van der Waals surface area contributed by atoms with Gasteiger partial charge in [-0.25, -0.2) is 4.39 Å². The van der Waals surface area contributed by atoms with Gasteiger partial charge in [0.15, 0.2) is 0 Å². The lowest BCUT2D eigenvalue weighted by molar-refractivity contribution is 0.0934. The van der Waals surface area contributed by atoms with Gasteiger partial charge in [0.2, 0.25) is 0 Å². The molecule has 0 fully saturated rings. The van der Waals surface area contributed by atoms with Crippen molar-refractivity contribution in [1.82, 2.24) is 10.3 Å². The van der Waals surface area contributed by atoms with Crippen LogP contribution in [0, 0.1) is 5.82 Å². The van der Waals surface area contributed by atoms with E-state index in [1.54, 1.807) is 37.4 Å². The molecule has 100 valence electrons. The molecule has 0 unspecified atom stereocenters. The summed E-state index contributed by atoms with van der Waals surface area (Å²) >= 11 is 0. The molecule has 1 aromatic carbocycles. The van der Waals surface area contributed by atoms with Crippen LogP contribution in [-0.4, -0.2) is 18.0 Å². The number of aromatic amines is 1. The van der Waals surface area contributed by atoms with Crippen molar-refractivity contribution >= 4 is 5.91 Å². The summed E-state index contributed by atoms with van der Waals surface area (Å²) in [7, 11) is 1.47. The summed E-state index contributed by atoms with van der Waals surface area (Å²) in [4.78, 5) is 14.7. The third kappa shape index (κ3) is 2.76. The summed E-state index contributed by atoms with van der Waals surface area (Å²) in [5.41, 5.74) is 0.770. The molecule has 0 spiro atoms. The van der Waals surface area contributed by atoms with E-state index in [0.29, 0.717) is 17.0 Å². The van der Waals surface area contributed by atoms with Crippen LogP contribution in [0.5, 0.6) is 5.75 Å². The summed E-state index contributed by atoms with van der Waals surface area (Å²) < 4.78 is 19.0. The number of methoxy groups -OCH3 is 1. The number of nitrogens with one attached hydrogen (secondary N) is 2. The number of hydrogen-bond acceptors (Lipinski definition) is 2. The van der Waals surface area contributed by atoms with E-state index in [1.165, 1.54) is 13.2 Å². The highest BCUT2D eigenvalue weighted by molar-refractivity contribution is 5.92. The Morgan fingerprint density at radius 2 is 2.16 bits per heavy atom. The monoisotopic (exact) mass is 262 g/mol. The molecule has 1 aromatic heterocycles. The van der Waals surface area contributed by atoms with Gasteiger partial charge in [0.1, 0.15) is 17.3 Å². The van der Waals surface area contributed by atoms with Crippen LogP contribution >= 0.6 is 0 Å². The van der Waals surface area contributed by atoms with Gasteiger partial charge in [-0.05, 0) is 31.2 Å². The highest BCUT2D eigenvalue weighted by atomic mass is 19.1. The number of H-pyrrole nitrogens is 1. The maximum Gasteiger partial charge on any atom is 0.268 e. The van der Waals surface area contributed by atoms with Crippen LogP contribution in [0.2, 0.25) is 0 Å². The van der Waals surface area contributed by atoms with Gasteiger partial charge >= 0.3 is 0 Å². The van der Waals surface area contributed by atoms with Crippen molar-refractivity contribution in [2.24, 2.45) is 0 Å². The Kier molecular flexibility index (Phi) is 3.85. The molecular weight excluding hydrogens is 247 g/mol.